The summed E-state index contributed by atoms with van der Waals surface area (Å²) in [6.07, 6.45) is 0. The molecule has 0 unspecified atom stereocenters. The van der Waals surface area contributed by atoms with E-state index >= 15 is 0 Å². The van der Waals surface area contributed by atoms with Crippen LogP contribution in [0.2, 0.25) is 0 Å². The maximum absolute atomic E-state index is 3.09. The van der Waals surface area contributed by atoms with Gasteiger partial charge >= 0.3 is 0 Å². The van der Waals surface area contributed by atoms with E-state index in [4.69, 9.17) is 0 Å². The molecule has 14 heavy (non-hydrogen) atoms. The first-order valence-corrected chi connectivity index (χ1v) is 4.87. The van der Waals surface area contributed by atoms with Crippen molar-refractivity contribution in [3.8, 4) is 12.0 Å². The van der Waals surface area contributed by atoms with Crippen molar-refractivity contribution >= 4 is 5.69 Å². The van der Waals surface area contributed by atoms with Crippen LogP contribution in [0.1, 0.15) is 6.92 Å². The first-order valence-electron chi connectivity index (χ1n) is 4.87. The Balaban J connectivity index is 2.05. The lowest BCUT2D eigenvalue weighted by atomic mass is 10.3. The lowest BCUT2D eigenvalue weighted by molar-refractivity contribution is 0.499. The SMILES string of the molecule is CC#CN1CCN(c2ccccc2)C1. The first-order chi connectivity index (χ1) is 6.90. The molecule has 1 aromatic rings. The molecule has 0 aromatic heterocycles. The van der Waals surface area contributed by atoms with Gasteiger partial charge in [-0.3, -0.25) is 0 Å². The normalized spacial score (nSPS) is 15.2. The van der Waals surface area contributed by atoms with E-state index in [2.05, 4.69) is 46.0 Å². The van der Waals surface area contributed by atoms with E-state index in [1.165, 1.54) is 5.69 Å². The second-order valence-corrected chi connectivity index (χ2v) is 3.37. The van der Waals surface area contributed by atoms with E-state index in [-0.39, 0.29) is 0 Å². The van der Waals surface area contributed by atoms with Crippen LogP contribution in [0, 0.1) is 12.0 Å². The minimum absolute atomic E-state index is 0.921. The quantitative estimate of drug-likeness (QED) is 0.616. The molecule has 1 fully saturated rings. The van der Waals surface area contributed by atoms with Gasteiger partial charge in [0.1, 0.15) is 0 Å². The lowest BCUT2D eigenvalue weighted by Gasteiger charge is -2.17. The van der Waals surface area contributed by atoms with Gasteiger partial charge in [-0.1, -0.05) is 24.1 Å². The van der Waals surface area contributed by atoms with Crippen LogP contribution in [0.4, 0.5) is 5.69 Å². The summed E-state index contributed by atoms with van der Waals surface area (Å²) in [6, 6.07) is 13.6. The predicted octanol–water partition coefficient (Wildman–Crippen LogP) is 1.75. The molecule has 1 aliphatic heterocycles. The Labute approximate surface area is 85.1 Å². The number of nitrogens with zero attached hydrogens (tertiary/aromatic N) is 2. The van der Waals surface area contributed by atoms with Gasteiger partial charge in [-0.2, -0.15) is 0 Å². The highest BCUT2D eigenvalue weighted by atomic mass is 15.4. The van der Waals surface area contributed by atoms with Crippen LogP contribution >= 0.6 is 0 Å². The number of anilines is 1. The minimum Gasteiger partial charge on any atom is -0.351 e. The topological polar surface area (TPSA) is 6.48 Å². The van der Waals surface area contributed by atoms with E-state index in [1.807, 2.05) is 13.0 Å². The van der Waals surface area contributed by atoms with Crippen molar-refractivity contribution in [2.75, 3.05) is 24.7 Å². The zero-order valence-electron chi connectivity index (χ0n) is 8.40. The lowest BCUT2D eigenvalue weighted by Crippen LogP contribution is -2.21. The van der Waals surface area contributed by atoms with Crippen molar-refractivity contribution in [3.05, 3.63) is 30.3 Å². The van der Waals surface area contributed by atoms with Crippen LogP contribution in [-0.2, 0) is 0 Å². The second-order valence-electron chi connectivity index (χ2n) is 3.37. The molecule has 0 bridgehead atoms. The summed E-state index contributed by atoms with van der Waals surface area (Å²) in [5.41, 5.74) is 1.29. The third kappa shape index (κ3) is 1.82. The summed E-state index contributed by atoms with van der Waals surface area (Å²) in [4.78, 5) is 4.48. The third-order valence-electron chi connectivity index (χ3n) is 2.37. The molecule has 0 aliphatic carbocycles. The number of hydrogen-bond donors (Lipinski definition) is 0. The van der Waals surface area contributed by atoms with Crippen LogP contribution in [0.15, 0.2) is 30.3 Å². The fraction of sp³-hybridized carbons (Fsp3) is 0.333. The Morgan fingerprint density at radius 2 is 1.93 bits per heavy atom. The summed E-state index contributed by atoms with van der Waals surface area (Å²) in [7, 11) is 0. The average Bonchev–Trinajstić information content (AvgIpc) is 2.68. The molecule has 1 heterocycles. The van der Waals surface area contributed by atoms with Crippen molar-refractivity contribution in [2.45, 2.75) is 6.92 Å². The van der Waals surface area contributed by atoms with Crippen LogP contribution in [-0.4, -0.2) is 24.7 Å². The van der Waals surface area contributed by atoms with Gasteiger partial charge in [-0.15, -0.1) is 0 Å². The van der Waals surface area contributed by atoms with Gasteiger partial charge in [0, 0.05) is 24.8 Å². The second kappa shape index (κ2) is 4.06. The van der Waals surface area contributed by atoms with Gasteiger partial charge in [-0.25, -0.2) is 0 Å². The van der Waals surface area contributed by atoms with Crippen LogP contribution in [0.3, 0.4) is 0 Å². The molecular weight excluding hydrogens is 172 g/mol. The van der Waals surface area contributed by atoms with Crippen LogP contribution in [0.25, 0.3) is 0 Å². The largest absolute Gasteiger partial charge is 0.351 e. The monoisotopic (exact) mass is 186 g/mol. The predicted molar refractivity (Wildman–Crippen MR) is 58.8 cm³/mol. The van der Waals surface area contributed by atoms with Gasteiger partial charge in [0.15, 0.2) is 0 Å². The Morgan fingerprint density at radius 1 is 1.14 bits per heavy atom. The Morgan fingerprint density at radius 3 is 2.64 bits per heavy atom. The Kier molecular flexibility index (Phi) is 2.60. The van der Waals surface area contributed by atoms with Crippen molar-refractivity contribution < 1.29 is 0 Å². The summed E-state index contributed by atoms with van der Waals surface area (Å²) < 4.78 is 0. The molecule has 1 saturated heterocycles. The van der Waals surface area contributed by atoms with E-state index in [0.29, 0.717) is 0 Å². The standard InChI is InChI=1S/C12H14N2/c1-2-8-13-9-10-14(11-13)12-6-4-3-5-7-12/h3-7H,9-11H2,1H3. The van der Waals surface area contributed by atoms with E-state index < -0.39 is 0 Å². The molecule has 0 N–H and O–H groups in total. The summed E-state index contributed by atoms with van der Waals surface area (Å²) >= 11 is 0. The molecule has 0 amide bonds. The smallest absolute Gasteiger partial charge is 0.0979 e. The molecule has 2 heteroatoms. The van der Waals surface area contributed by atoms with Crippen LogP contribution < -0.4 is 4.90 Å². The number of hydrogen-bond acceptors (Lipinski definition) is 2. The summed E-state index contributed by atoms with van der Waals surface area (Å²) in [5, 5.41) is 0. The molecule has 0 radical (unpaired) electrons. The van der Waals surface area contributed by atoms with E-state index in [0.717, 1.165) is 19.8 Å². The molecular formula is C12H14N2. The third-order valence-corrected chi connectivity index (χ3v) is 2.37. The van der Waals surface area contributed by atoms with Gasteiger partial charge in [-0.05, 0) is 19.1 Å². The zero-order chi connectivity index (χ0) is 9.80. The molecule has 1 aliphatic rings. The van der Waals surface area contributed by atoms with Gasteiger partial charge < -0.3 is 9.80 Å². The highest BCUT2D eigenvalue weighted by molar-refractivity contribution is 5.46. The number of benzene rings is 1. The van der Waals surface area contributed by atoms with E-state index in [1.54, 1.807) is 0 Å². The first kappa shape index (κ1) is 8.96. The molecule has 0 spiro atoms. The molecule has 0 saturated carbocycles. The minimum atomic E-state index is 0.921. The number of para-hydroxylation sites is 1. The maximum Gasteiger partial charge on any atom is 0.0979 e. The van der Waals surface area contributed by atoms with Gasteiger partial charge in [0.25, 0.3) is 0 Å². The average molecular weight is 186 g/mol. The Hall–Kier alpha value is -1.62. The fourth-order valence-electron chi connectivity index (χ4n) is 1.69. The zero-order valence-corrected chi connectivity index (χ0v) is 8.40. The van der Waals surface area contributed by atoms with Crippen molar-refractivity contribution in [3.63, 3.8) is 0 Å². The van der Waals surface area contributed by atoms with Gasteiger partial charge in [0.05, 0.1) is 6.67 Å². The van der Waals surface area contributed by atoms with Crippen molar-refractivity contribution in [1.82, 2.24) is 4.90 Å². The number of rotatable bonds is 1. The highest BCUT2D eigenvalue weighted by Crippen LogP contribution is 2.16. The van der Waals surface area contributed by atoms with Crippen LogP contribution in [0.5, 0.6) is 0 Å². The fourth-order valence-corrected chi connectivity index (χ4v) is 1.69. The molecule has 0 atom stereocenters. The summed E-state index contributed by atoms with van der Waals surface area (Å²) in [5.74, 6) is 2.93. The van der Waals surface area contributed by atoms with E-state index in [9.17, 15) is 0 Å². The Bertz CT molecular complexity index is 348. The molecule has 1 aromatic carbocycles. The molecule has 2 nitrogen and oxygen atoms in total. The summed E-state index contributed by atoms with van der Waals surface area (Å²) in [6.45, 7) is 4.91. The van der Waals surface area contributed by atoms with Crippen molar-refractivity contribution in [1.29, 1.82) is 0 Å². The van der Waals surface area contributed by atoms with Crippen molar-refractivity contribution in [2.24, 2.45) is 0 Å². The molecule has 2 rings (SSSR count). The van der Waals surface area contributed by atoms with Gasteiger partial charge in [0.2, 0.25) is 0 Å². The highest BCUT2D eigenvalue weighted by Gasteiger charge is 2.16. The maximum atomic E-state index is 3.09. The molecule has 72 valence electrons.